The van der Waals surface area contributed by atoms with Gasteiger partial charge in [0.1, 0.15) is 12.4 Å². The molecule has 0 saturated heterocycles. The van der Waals surface area contributed by atoms with Gasteiger partial charge >= 0.3 is 0 Å². The molecule has 2 aromatic rings. The van der Waals surface area contributed by atoms with Crippen LogP contribution in [0.1, 0.15) is 11.1 Å². The molecule has 4 nitrogen and oxygen atoms in total. The highest BCUT2D eigenvalue weighted by Gasteiger charge is 2.16. The molecule has 0 aliphatic heterocycles. The van der Waals surface area contributed by atoms with E-state index in [0.717, 1.165) is 10.0 Å². The number of halogens is 3. The van der Waals surface area contributed by atoms with Gasteiger partial charge in [-0.2, -0.15) is 0 Å². The smallest absolute Gasteiger partial charge is 0.167 e. The molecule has 0 amide bonds. The Kier molecular flexibility index (Phi) is 7.96. The maximum Gasteiger partial charge on any atom is 0.167 e. The molecule has 0 bridgehead atoms. The third-order valence-corrected chi connectivity index (χ3v) is 4.69. The zero-order valence-electron chi connectivity index (χ0n) is 14.1. The number of methoxy groups -OCH3 is 2. The predicted octanol–water partition coefficient (Wildman–Crippen LogP) is 4.57. The van der Waals surface area contributed by atoms with Gasteiger partial charge in [0, 0.05) is 35.8 Å². The van der Waals surface area contributed by atoms with Crippen LogP contribution in [-0.2, 0) is 17.9 Å². The molecule has 7 heteroatoms. The minimum atomic E-state index is -0.402. The van der Waals surface area contributed by atoms with Crippen LogP contribution in [0, 0.1) is 5.82 Å². The first-order valence-corrected chi connectivity index (χ1v) is 8.86. The lowest BCUT2D eigenvalue weighted by atomic mass is 10.1. The van der Waals surface area contributed by atoms with Crippen molar-refractivity contribution in [1.82, 2.24) is 5.32 Å². The molecular weight excluding hydrogens is 413 g/mol. The molecule has 0 heterocycles. The van der Waals surface area contributed by atoms with Crippen molar-refractivity contribution in [2.45, 2.75) is 13.2 Å². The Morgan fingerprint density at radius 3 is 2.64 bits per heavy atom. The topological polar surface area (TPSA) is 39.7 Å². The van der Waals surface area contributed by atoms with Crippen molar-refractivity contribution in [2.24, 2.45) is 0 Å². The Morgan fingerprint density at radius 2 is 1.96 bits per heavy atom. The highest BCUT2D eigenvalue weighted by atomic mass is 79.9. The monoisotopic (exact) mass is 431 g/mol. The Labute approximate surface area is 160 Å². The first-order chi connectivity index (χ1) is 12.1. The third kappa shape index (κ3) is 5.31. The van der Waals surface area contributed by atoms with E-state index in [0.29, 0.717) is 41.8 Å². The number of rotatable bonds is 9. The van der Waals surface area contributed by atoms with E-state index >= 15 is 0 Å². The lowest BCUT2D eigenvalue weighted by Crippen LogP contribution is -2.19. The summed E-state index contributed by atoms with van der Waals surface area (Å²) in [5.41, 5.74) is 1.19. The highest BCUT2D eigenvalue weighted by Crippen LogP contribution is 2.37. The summed E-state index contributed by atoms with van der Waals surface area (Å²) in [7, 11) is 3.21. The standard InChI is InChI=1S/C18H20BrClFNO3/c1-23-9-8-22-10-12-14(19)6-7-17(24-2)18(12)25-11-13-15(20)4-3-5-16(13)21/h3-7,22H,8-11H2,1-2H3. The minimum absolute atomic E-state index is 0.00336. The molecule has 0 aromatic heterocycles. The van der Waals surface area contributed by atoms with Crippen LogP contribution >= 0.6 is 27.5 Å². The van der Waals surface area contributed by atoms with Crippen LogP contribution in [0.15, 0.2) is 34.8 Å². The second-order valence-electron chi connectivity index (χ2n) is 5.22. The Balaban J connectivity index is 2.23. The van der Waals surface area contributed by atoms with Crippen LogP contribution in [0.3, 0.4) is 0 Å². The van der Waals surface area contributed by atoms with E-state index in [2.05, 4.69) is 21.2 Å². The molecule has 0 atom stereocenters. The predicted molar refractivity (Wildman–Crippen MR) is 100 cm³/mol. The summed E-state index contributed by atoms with van der Waals surface area (Å²) in [5.74, 6) is 0.710. The number of benzene rings is 2. The molecule has 0 aliphatic rings. The molecule has 2 aromatic carbocycles. The lowest BCUT2D eigenvalue weighted by molar-refractivity contribution is 0.199. The molecular formula is C18H20BrClFNO3. The Morgan fingerprint density at radius 1 is 1.16 bits per heavy atom. The van der Waals surface area contributed by atoms with E-state index in [9.17, 15) is 4.39 Å². The molecule has 0 saturated carbocycles. The van der Waals surface area contributed by atoms with Gasteiger partial charge in [-0.3, -0.25) is 0 Å². The molecule has 0 radical (unpaired) electrons. The van der Waals surface area contributed by atoms with Crippen LogP contribution in [-0.4, -0.2) is 27.4 Å². The van der Waals surface area contributed by atoms with Gasteiger partial charge < -0.3 is 19.5 Å². The van der Waals surface area contributed by atoms with Gasteiger partial charge in [0.25, 0.3) is 0 Å². The van der Waals surface area contributed by atoms with Crippen molar-refractivity contribution >= 4 is 27.5 Å². The van der Waals surface area contributed by atoms with Crippen molar-refractivity contribution in [1.29, 1.82) is 0 Å². The maximum atomic E-state index is 14.0. The summed E-state index contributed by atoms with van der Waals surface area (Å²) < 4.78 is 31.2. The van der Waals surface area contributed by atoms with Gasteiger partial charge in [0.15, 0.2) is 11.5 Å². The zero-order valence-corrected chi connectivity index (χ0v) is 16.4. The molecule has 25 heavy (non-hydrogen) atoms. The minimum Gasteiger partial charge on any atom is -0.493 e. The SMILES string of the molecule is COCCNCc1c(Br)ccc(OC)c1OCc1c(F)cccc1Cl. The van der Waals surface area contributed by atoms with Crippen molar-refractivity contribution < 1.29 is 18.6 Å². The van der Waals surface area contributed by atoms with Crippen LogP contribution in [0.5, 0.6) is 11.5 Å². The van der Waals surface area contributed by atoms with Crippen molar-refractivity contribution in [3.05, 3.63) is 56.8 Å². The summed E-state index contributed by atoms with van der Waals surface area (Å²) in [6, 6.07) is 8.23. The van der Waals surface area contributed by atoms with E-state index in [-0.39, 0.29) is 6.61 Å². The van der Waals surface area contributed by atoms with Crippen LogP contribution in [0.4, 0.5) is 4.39 Å². The van der Waals surface area contributed by atoms with E-state index < -0.39 is 5.82 Å². The first kappa shape index (κ1) is 20.0. The third-order valence-electron chi connectivity index (χ3n) is 3.59. The number of ether oxygens (including phenoxy) is 3. The van der Waals surface area contributed by atoms with Crippen LogP contribution in [0.2, 0.25) is 5.02 Å². The molecule has 0 aliphatic carbocycles. The Hall–Kier alpha value is -1.34. The fourth-order valence-corrected chi connectivity index (χ4v) is 2.94. The average molecular weight is 433 g/mol. The molecule has 0 fully saturated rings. The van der Waals surface area contributed by atoms with Crippen LogP contribution < -0.4 is 14.8 Å². The van der Waals surface area contributed by atoms with Crippen molar-refractivity contribution in [2.75, 3.05) is 27.4 Å². The molecule has 0 spiro atoms. The number of nitrogens with one attached hydrogen (secondary N) is 1. The van der Waals surface area contributed by atoms with E-state index in [4.69, 9.17) is 25.8 Å². The molecule has 2 rings (SSSR count). The molecule has 1 N–H and O–H groups in total. The van der Waals surface area contributed by atoms with Gasteiger partial charge in [-0.25, -0.2) is 4.39 Å². The normalized spacial score (nSPS) is 10.8. The molecule has 0 unspecified atom stereocenters. The highest BCUT2D eigenvalue weighted by molar-refractivity contribution is 9.10. The quantitative estimate of drug-likeness (QED) is 0.590. The van der Waals surface area contributed by atoms with Gasteiger partial charge in [0.2, 0.25) is 0 Å². The average Bonchev–Trinajstić information content (AvgIpc) is 2.60. The Bertz CT molecular complexity index is 695. The van der Waals surface area contributed by atoms with E-state index in [1.54, 1.807) is 32.4 Å². The number of hydrogen-bond acceptors (Lipinski definition) is 4. The zero-order chi connectivity index (χ0) is 18.2. The first-order valence-electron chi connectivity index (χ1n) is 7.69. The van der Waals surface area contributed by atoms with Gasteiger partial charge in [-0.1, -0.05) is 33.6 Å². The summed E-state index contributed by atoms with van der Waals surface area (Å²) in [4.78, 5) is 0. The summed E-state index contributed by atoms with van der Waals surface area (Å²) in [6.07, 6.45) is 0. The lowest BCUT2D eigenvalue weighted by Gasteiger charge is -2.17. The second kappa shape index (κ2) is 9.97. The summed E-state index contributed by atoms with van der Waals surface area (Å²) >= 11 is 9.60. The van der Waals surface area contributed by atoms with E-state index in [1.807, 2.05) is 6.07 Å². The number of hydrogen-bond donors (Lipinski definition) is 1. The molecule has 136 valence electrons. The van der Waals surface area contributed by atoms with Crippen molar-refractivity contribution in [3.63, 3.8) is 0 Å². The van der Waals surface area contributed by atoms with Gasteiger partial charge in [-0.15, -0.1) is 0 Å². The largest absolute Gasteiger partial charge is 0.493 e. The van der Waals surface area contributed by atoms with Crippen LogP contribution in [0.25, 0.3) is 0 Å². The fourth-order valence-electron chi connectivity index (χ4n) is 2.27. The fraction of sp³-hybridized carbons (Fsp3) is 0.333. The second-order valence-corrected chi connectivity index (χ2v) is 6.48. The maximum absolute atomic E-state index is 14.0. The summed E-state index contributed by atoms with van der Waals surface area (Å²) in [6.45, 7) is 1.84. The summed E-state index contributed by atoms with van der Waals surface area (Å²) in [5, 5.41) is 3.59. The van der Waals surface area contributed by atoms with Gasteiger partial charge in [-0.05, 0) is 24.3 Å². The van der Waals surface area contributed by atoms with Gasteiger partial charge in [0.05, 0.1) is 18.7 Å². The van der Waals surface area contributed by atoms with E-state index in [1.165, 1.54) is 6.07 Å². The van der Waals surface area contributed by atoms with Crippen molar-refractivity contribution in [3.8, 4) is 11.5 Å².